The lowest BCUT2D eigenvalue weighted by Gasteiger charge is -2.13. The van der Waals surface area contributed by atoms with Gasteiger partial charge in [0.05, 0.1) is 25.5 Å². The molecule has 25 heavy (non-hydrogen) atoms. The van der Waals surface area contributed by atoms with Gasteiger partial charge in [0.15, 0.2) is 11.5 Å². The molecule has 5 nitrogen and oxygen atoms in total. The summed E-state index contributed by atoms with van der Waals surface area (Å²) in [4.78, 5) is 5.86. The third kappa shape index (κ3) is 4.19. The van der Waals surface area contributed by atoms with Gasteiger partial charge in [-0.25, -0.2) is 9.67 Å². The summed E-state index contributed by atoms with van der Waals surface area (Å²) in [5.41, 5.74) is -0.910. The molecule has 0 radical (unpaired) electrons. The smallest absolute Gasteiger partial charge is 0.369 e. The van der Waals surface area contributed by atoms with E-state index in [-0.39, 0.29) is 27.2 Å². The van der Waals surface area contributed by atoms with Crippen LogP contribution in [0.1, 0.15) is 11.3 Å². The fourth-order valence-electron chi connectivity index (χ4n) is 1.83. The van der Waals surface area contributed by atoms with Crippen molar-refractivity contribution in [3.8, 4) is 11.8 Å². The molecule has 2 aromatic rings. The number of alkyl halides is 3. The zero-order chi connectivity index (χ0) is 18.9. The topological polar surface area (TPSA) is 57.2 Å². The summed E-state index contributed by atoms with van der Waals surface area (Å²) in [6.07, 6.45) is -3.13. The average molecular weight is 502 g/mol. The third-order valence-electron chi connectivity index (χ3n) is 2.88. The number of nitriles is 1. The first-order valence-corrected chi connectivity index (χ1v) is 8.35. The van der Waals surface area contributed by atoms with Crippen molar-refractivity contribution in [3.05, 3.63) is 37.0 Å². The van der Waals surface area contributed by atoms with Gasteiger partial charge in [-0.15, -0.1) is 0 Å². The Morgan fingerprint density at radius 1 is 1.32 bits per heavy atom. The predicted octanol–water partition coefficient (Wildman–Crippen LogP) is 4.90. The monoisotopic (exact) mass is 501 g/mol. The zero-order valence-corrected chi connectivity index (χ0v) is 16.4. The number of nitrogens with zero attached hydrogens (tertiary/aromatic N) is 5. The number of aliphatic imine (C=N–C) groups is 1. The molecule has 0 amide bonds. The average Bonchev–Trinajstić information content (AvgIpc) is 2.79. The molecule has 1 aromatic heterocycles. The minimum absolute atomic E-state index is 0.0154. The molecule has 11 heteroatoms. The molecule has 0 aliphatic heterocycles. The van der Waals surface area contributed by atoms with Crippen LogP contribution in [0.2, 0.25) is 10.0 Å². The molecule has 0 saturated carbocycles. The van der Waals surface area contributed by atoms with Crippen molar-refractivity contribution in [1.29, 1.82) is 5.26 Å². The van der Waals surface area contributed by atoms with Crippen LogP contribution in [0.25, 0.3) is 5.69 Å². The summed E-state index contributed by atoms with van der Waals surface area (Å²) >= 11 is 13.9. The maximum absolute atomic E-state index is 12.9. The number of hydrogen-bond donors (Lipinski definition) is 0. The van der Waals surface area contributed by atoms with Gasteiger partial charge in [0.2, 0.25) is 0 Å². The summed E-state index contributed by atoms with van der Waals surface area (Å²) in [5, 5.41) is 12.7. The second-order valence-corrected chi connectivity index (χ2v) is 6.90. The van der Waals surface area contributed by atoms with Crippen LogP contribution in [0.3, 0.4) is 0 Å². The van der Waals surface area contributed by atoms with E-state index in [4.69, 9.17) is 28.5 Å². The van der Waals surface area contributed by atoms with Crippen LogP contribution in [0.5, 0.6) is 0 Å². The van der Waals surface area contributed by atoms with Crippen molar-refractivity contribution in [3.63, 3.8) is 0 Å². The summed E-state index contributed by atoms with van der Waals surface area (Å²) in [6, 6.07) is 3.40. The van der Waals surface area contributed by atoms with Crippen molar-refractivity contribution in [1.82, 2.24) is 14.7 Å². The largest absolute Gasteiger partial charge is 0.416 e. The van der Waals surface area contributed by atoms with Crippen molar-refractivity contribution in [2.45, 2.75) is 6.18 Å². The quantitative estimate of drug-likeness (QED) is 0.341. The molecular weight excluding hydrogens is 493 g/mol. The number of benzene rings is 1. The molecule has 0 spiro atoms. The Morgan fingerprint density at radius 3 is 2.32 bits per heavy atom. The van der Waals surface area contributed by atoms with Crippen molar-refractivity contribution in [2.75, 3.05) is 14.1 Å². The van der Waals surface area contributed by atoms with E-state index < -0.39 is 11.7 Å². The van der Waals surface area contributed by atoms with E-state index >= 15 is 0 Å². The van der Waals surface area contributed by atoms with Gasteiger partial charge in [0.25, 0.3) is 0 Å². The number of rotatable bonds is 3. The van der Waals surface area contributed by atoms with E-state index in [1.165, 1.54) is 6.34 Å². The summed E-state index contributed by atoms with van der Waals surface area (Å²) < 4.78 is 40.2. The van der Waals surface area contributed by atoms with Crippen LogP contribution >= 0.6 is 45.8 Å². The lowest BCUT2D eigenvalue weighted by atomic mass is 10.2. The van der Waals surface area contributed by atoms with E-state index in [1.807, 2.05) is 28.7 Å². The van der Waals surface area contributed by atoms with Crippen LogP contribution in [0.15, 0.2) is 17.1 Å². The van der Waals surface area contributed by atoms with Gasteiger partial charge in [-0.05, 0) is 34.7 Å². The van der Waals surface area contributed by atoms with Crippen LogP contribution in [-0.2, 0) is 6.18 Å². The zero-order valence-electron chi connectivity index (χ0n) is 12.7. The summed E-state index contributed by atoms with van der Waals surface area (Å²) in [7, 11) is 3.47. The van der Waals surface area contributed by atoms with Gasteiger partial charge in [0, 0.05) is 14.1 Å². The van der Waals surface area contributed by atoms with Gasteiger partial charge in [-0.1, -0.05) is 23.2 Å². The fourth-order valence-corrected chi connectivity index (χ4v) is 3.07. The maximum atomic E-state index is 12.9. The fraction of sp³-hybridized carbons (Fsp3) is 0.214. The van der Waals surface area contributed by atoms with Crippen molar-refractivity contribution in [2.24, 2.45) is 4.99 Å². The lowest BCUT2D eigenvalue weighted by molar-refractivity contribution is -0.137. The van der Waals surface area contributed by atoms with Crippen LogP contribution in [0, 0.1) is 14.9 Å². The van der Waals surface area contributed by atoms with Crippen LogP contribution < -0.4 is 0 Å². The van der Waals surface area contributed by atoms with E-state index in [0.717, 1.165) is 16.8 Å². The lowest BCUT2D eigenvalue weighted by Crippen LogP contribution is -2.09. The Labute approximate surface area is 164 Å². The van der Waals surface area contributed by atoms with E-state index in [1.54, 1.807) is 19.0 Å². The molecule has 0 fully saturated rings. The number of halogens is 6. The molecule has 0 aliphatic rings. The summed E-state index contributed by atoms with van der Waals surface area (Å²) in [5.74, 6) is 0.231. The number of hydrogen-bond acceptors (Lipinski definition) is 3. The molecule has 0 unspecified atom stereocenters. The Kier molecular flexibility index (Phi) is 5.86. The van der Waals surface area contributed by atoms with Crippen LogP contribution in [-0.4, -0.2) is 35.1 Å². The minimum Gasteiger partial charge on any atom is -0.369 e. The van der Waals surface area contributed by atoms with E-state index in [2.05, 4.69) is 10.1 Å². The predicted molar refractivity (Wildman–Crippen MR) is 97.9 cm³/mol. The first kappa shape index (κ1) is 19.8. The Bertz CT molecular complexity index is 861. The molecular formula is C14H9Cl2F3IN5. The minimum atomic E-state index is -4.59. The molecule has 0 bridgehead atoms. The first-order valence-electron chi connectivity index (χ1n) is 6.52. The Hall–Kier alpha value is -1.51. The third-order valence-corrected chi connectivity index (χ3v) is 4.45. The molecule has 0 aliphatic carbocycles. The van der Waals surface area contributed by atoms with Gasteiger partial charge < -0.3 is 4.90 Å². The highest BCUT2D eigenvalue weighted by atomic mass is 127. The summed E-state index contributed by atoms with van der Waals surface area (Å²) in [6.45, 7) is 0. The van der Waals surface area contributed by atoms with Gasteiger partial charge in [-0.3, -0.25) is 0 Å². The Balaban J connectivity index is 2.73. The van der Waals surface area contributed by atoms with Crippen molar-refractivity contribution < 1.29 is 13.2 Å². The van der Waals surface area contributed by atoms with Gasteiger partial charge in [-0.2, -0.15) is 23.5 Å². The molecule has 0 N–H and O–H groups in total. The number of aromatic nitrogens is 2. The van der Waals surface area contributed by atoms with Crippen LogP contribution in [0.4, 0.5) is 19.0 Å². The normalized spacial score (nSPS) is 11.8. The second kappa shape index (κ2) is 7.39. The molecule has 0 atom stereocenters. The maximum Gasteiger partial charge on any atom is 0.416 e. The molecule has 1 heterocycles. The highest BCUT2D eigenvalue weighted by Gasteiger charge is 2.32. The van der Waals surface area contributed by atoms with Gasteiger partial charge >= 0.3 is 6.18 Å². The molecule has 2 rings (SSSR count). The molecule has 1 aromatic carbocycles. The van der Waals surface area contributed by atoms with Gasteiger partial charge in [0.1, 0.15) is 11.8 Å². The standard InChI is InChI=1S/C14H9Cl2F3IN5/c1-24(2)6-22-13-11(20)10(5-21)23-25(13)12-8(15)3-7(4-9(12)16)14(17,18)19/h3-4,6H,1-2H3/b22-6-. The Morgan fingerprint density at radius 2 is 1.88 bits per heavy atom. The van der Waals surface area contributed by atoms with E-state index in [9.17, 15) is 13.2 Å². The van der Waals surface area contributed by atoms with E-state index in [0.29, 0.717) is 3.57 Å². The molecule has 132 valence electrons. The SMILES string of the molecule is CN(C)/C=N\c1c(I)c(C#N)nn1-c1c(Cl)cc(C(F)(F)F)cc1Cl. The molecule has 0 saturated heterocycles. The second-order valence-electron chi connectivity index (χ2n) is 5.00. The highest BCUT2D eigenvalue weighted by Crippen LogP contribution is 2.39. The van der Waals surface area contributed by atoms with Crippen molar-refractivity contribution >= 4 is 57.9 Å². The highest BCUT2D eigenvalue weighted by molar-refractivity contribution is 14.1. The first-order chi connectivity index (χ1) is 11.6.